The van der Waals surface area contributed by atoms with Gasteiger partial charge >= 0.3 is 0 Å². The van der Waals surface area contributed by atoms with Crippen molar-refractivity contribution in [3.8, 4) is 0 Å². The zero-order chi connectivity index (χ0) is 21.1. The lowest BCUT2D eigenvalue weighted by Crippen LogP contribution is -2.43. The Kier molecular flexibility index (Phi) is 6.79. The molecule has 0 bridgehead atoms. The molecule has 2 aromatic rings. The largest absolute Gasteiger partial charge is 0.354 e. The number of benzene rings is 1. The number of nitrogens with zero attached hydrogens (tertiary/aromatic N) is 2. The highest BCUT2D eigenvalue weighted by Gasteiger charge is 2.32. The lowest BCUT2D eigenvalue weighted by atomic mass is 9.98. The van der Waals surface area contributed by atoms with Crippen LogP contribution in [0.2, 0.25) is 10.0 Å². The molecule has 0 saturated carbocycles. The fourth-order valence-electron chi connectivity index (χ4n) is 3.24. The predicted molar refractivity (Wildman–Crippen MR) is 108 cm³/mol. The second-order valence-electron chi connectivity index (χ2n) is 6.75. The molecule has 0 fully saturated rings. The second-order valence-corrected chi connectivity index (χ2v) is 7.56. The number of fused-ring (bicyclic) bond motifs is 1. The fraction of sp³-hybridized carbons (Fsp3) is 0.421. The van der Waals surface area contributed by atoms with Crippen molar-refractivity contribution in [2.24, 2.45) is 0 Å². The van der Waals surface area contributed by atoms with Gasteiger partial charge in [0, 0.05) is 37.8 Å². The van der Waals surface area contributed by atoms with Gasteiger partial charge in [0.2, 0.25) is 0 Å². The van der Waals surface area contributed by atoms with E-state index in [1.165, 1.54) is 14.2 Å². The van der Waals surface area contributed by atoms with E-state index in [-0.39, 0.29) is 30.9 Å². The maximum absolute atomic E-state index is 13.0. The van der Waals surface area contributed by atoms with Gasteiger partial charge in [-0.05, 0) is 25.1 Å². The summed E-state index contributed by atoms with van der Waals surface area (Å²) in [6, 6.07) is 4.69. The number of aromatic amines is 1. The summed E-state index contributed by atoms with van der Waals surface area (Å²) in [6.45, 7) is 2.38. The smallest absolute Gasteiger partial charge is 0.269 e. The molecule has 1 atom stereocenters. The number of carbonyl (C=O) groups is 2. The molecule has 1 aromatic carbocycles. The first-order valence-electron chi connectivity index (χ1n) is 9.01. The van der Waals surface area contributed by atoms with Gasteiger partial charge in [0.15, 0.2) is 6.29 Å². The van der Waals surface area contributed by atoms with Crippen molar-refractivity contribution in [1.29, 1.82) is 0 Å². The summed E-state index contributed by atoms with van der Waals surface area (Å²) >= 11 is 12.0. The van der Waals surface area contributed by atoms with E-state index in [2.05, 4.69) is 15.5 Å². The van der Waals surface area contributed by atoms with Gasteiger partial charge < -0.3 is 19.7 Å². The van der Waals surface area contributed by atoms with Crippen LogP contribution in [0, 0.1) is 0 Å². The first kappa shape index (κ1) is 21.6. The molecule has 10 heteroatoms. The minimum atomic E-state index is -0.551. The Bertz CT molecular complexity index is 914. The summed E-state index contributed by atoms with van der Waals surface area (Å²) in [5.74, 6) is -0.526. The van der Waals surface area contributed by atoms with Gasteiger partial charge in [-0.25, -0.2) is 0 Å². The van der Waals surface area contributed by atoms with Gasteiger partial charge in [0.1, 0.15) is 5.69 Å². The second kappa shape index (κ2) is 9.13. The molecule has 2 N–H and O–H groups in total. The highest BCUT2D eigenvalue weighted by atomic mass is 35.5. The number of hydrogen-bond acceptors (Lipinski definition) is 5. The first-order valence-corrected chi connectivity index (χ1v) is 9.77. The molecule has 0 saturated heterocycles. The van der Waals surface area contributed by atoms with Gasteiger partial charge in [0.05, 0.1) is 28.8 Å². The molecule has 0 aliphatic carbocycles. The van der Waals surface area contributed by atoms with Crippen molar-refractivity contribution >= 4 is 35.0 Å². The van der Waals surface area contributed by atoms with Crippen molar-refractivity contribution in [3.05, 3.63) is 50.8 Å². The zero-order valence-electron chi connectivity index (χ0n) is 16.3. The number of ether oxygens (including phenoxy) is 2. The van der Waals surface area contributed by atoms with Gasteiger partial charge in [-0.2, -0.15) is 5.10 Å². The quantitative estimate of drug-likeness (QED) is 0.672. The Morgan fingerprint density at radius 2 is 2.03 bits per heavy atom. The third kappa shape index (κ3) is 4.56. The third-order valence-corrected chi connectivity index (χ3v) is 5.65. The summed E-state index contributed by atoms with van der Waals surface area (Å²) in [5.41, 5.74) is 2.23. The van der Waals surface area contributed by atoms with Crippen LogP contribution >= 0.6 is 23.2 Å². The van der Waals surface area contributed by atoms with E-state index in [0.717, 1.165) is 5.69 Å². The SMILES string of the molecule is COC(CNC(=O)c1[nH]nc2c1CN(C(=O)c1ccc(Cl)c(Cl)c1)[C@H](C)C2)OC. The first-order chi connectivity index (χ1) is 13.8. The summed E-state index contributed by atoms with van der Waals surface area (Å²) in [7, 11) is 2.98. The summed E-state index contributed by atoms with van der Waals surface area (Å²) < 4.78 is 10.1. The highest BCUT2D eigenvalue weighted by molar-refractivity contribution is 6.42. The molecule has 8 nitrogen and oxygen atoms in total. The minimum Gasteiger partial charge on any atom is -0.354 e. The van der Waals surface area contributed by atoms with Crippen molar-refractivity contribution in [2.75, 3.05) is 20.8 Å². The lowest BCUT2D eigenvalue weighted by molar-refractivity contribution is -0.0974. The van der Waals surface area contributed by atoms with Crippen LogP contribution in [0.25, 0.3) is 0 Å². The van der Waals surface area contributed by atoms with E-state index in [1.807, 2.05) is 6.92 Å². The predicted octanol–water partition coefficient (Wildman–Crippen LogP) is 2.65. The van der Waals surface area contributed by atoms with Gasteiger partial charge in [0.25, 0.3) is 11.8 Å². The molecular weight excluding hydrogens is 419 g/mol. The van der Waals surface area contributed by atoms with Gasteiger partial charge in [-0.15, -0.1) is 0 Å². The standard InChI is InChI=1S/C19H22Cl2N4O4/c1-10-6-15-12(17(24-23-15)18(26)22-8-16(28-2)29-3)9-25(10)19(27)11-4-5-13(20)14(21)7-11/h4-5,7,10,16H,6,8-9H2,1-3H3,(H,22,26)(H,23,24)/t10-/m1/s1. The normalized spacial score (nSPS) is 16.1. The number of hydrogen-bond donors (Lipinski definition) is 2. The highest BCUT2D eigenvalue weighted by Crippen LogP contribution is 2.28. The zero-order valence-corrected chi connectivity index (χ0v) is 17.8. The number of rotatable bonds is 6. The summed E-state index contributed by atoms with van der Waals surface area (Å²) in [6.07, 6.45) is -0.0178. The Morgan fingerprint density at radius 3 is 2.69 bits per heavy atom. The molecule has 0 radical (unpaired) electrons. The molecule has 29 heavy (non-hydrogen) atoms. The van der Waals surface area contributed by atoms with E-state index in [4.69, 9.17) is 32.7 Å². The Balaban J connectivity index is 1.79. The average Bonchev–Trinajstić information content (AvgIpc) is 3.12. The molecule has 2 amide bonds. The number of carbonyl (C=O) groups excluding carboxylic acids is 2. The van der Waals surface area contributed by atoms with Crippen LogP contribution in [0.3, 0.4) is 0 Å². The van der Waals surface area contributed by atoms with Crippen LogP contribution in [0.5, 0.6) is 0 Å². The number of aromatic nitrogens is 2. The Hall–Kier alpha value is -2.13. The minimum absolute atomic E-state index is 0.0879. The molecule has 0 spiro atoms. The maximum atomic E-state index is 13.0. The van der Waals surface area contributed by atoms with E-state index in [0.29, 0.717) is 33.3 Å². The van der Waals surface area contributed by atoms with Crippen LogP contribution in [-0.2, 0) is 22.4 Å². The number of methoxy groups -OCH3 is 2. The van der Waals surface area contributed by atoms with Crippen molar-refractivity contribution in [1.82, 2.24) is 20.4 Å². The van der Waals surface area contributed by atoms with Crippen molar-refractivity contribution < 1.29 is 19.1 Å². The number of nitrogens with one attached hydrogen (secondary N) is 2. The summed E-state index contributed by atoms with van der Waals surface area (Å²) in [4.78, 5) is 27.3. The molecule has 1 aliphatic heterocycles. The molecule has 1 aromatic heterocycles. The summed E-state index contributed by atoms with van der Waals surface area (Å²) in [5, 5.41) is 10.5. The molecule has 156 valence electrons. The average molecular weight is 441 g/mol. The number of H-pyrrole nitrogens is 1. The molecule has 0 unspecified atom stereocenters. The van der Waals surface area contributed by atoms with Gasteiger partial charge in [-0.1, -0.05) is 23.2 Å². The van der Waals surface area contributed by atoms with Crippen molar-refractivity contribution in [3.63, 3.8) is 0 Å². The van der Waals surface area contributed by atoms with Crippen LogP contribution in [-0.4, -0.2) is 60.0 Å². The third-order valence-electron chi connectivity index (χ3n) is 4.91. The molecule has 1 aliphatic rings. The van der Waals surface area contributed by atoms with Gasteiger partial charge in [-0.3, -0.25) is 14.7 Å². The van der Waals surface area contributed by atoms with Crippen LogP contribution in [0.4, 0.5) is 0 Å². The monoisotopic (exact) mass is 440 g/mol. The lowest BCUT2D eigenvalue weighted by Gasteiger charge is -2.33. The molecule has 3 rings (SSSR count). The molecule has 2 heterocycles. The van der Waals surface area contributed by atoms with E-state index >= 15 is 0 Å². The van der Waals surface area contributed by atoms with Crippen LogP contribution in [0.1, 0.15) is 39.0 Å². The van der Waals surface area contributed by atoms with E-state index in [1.54, 1.807) is 23.1 Å². The van der Waals surface area contributed by atoms with E-state index < -0.39 is 6.29 Å². The number of amides is 2. The fourth-order valence-corrected chi connectivity index (χ4v) is 3.54. The van der Waals surface area contributed by atoms with Crippen LogP contribution in [0.15, 0.2) is 18.2 Å². The molecular formula is C19H22Cl2N4O4. The topological polar surface area (TPSA) is 96.5 Å². The van der Waals surface area contributed by atoms with Crippen LogP contribution < -0.4 is 5.32 Å². The Labute approximate surface area is 178 Å². The number of halogens is 2. The van der Waals surface area contributed by atoms with Crippen molar-refractivity contribution in [2.45, 2.75) is 32.2 Å². The Morgan fingerprint density at radius 1 is 1.31 bits per heavy atom. The van der Waals surface area contributed by atoms with E-state index in [9.17, 15) is 9.59 Å². The maximum Gasteiger partial charge on any atom is 0.269 e.